The van der Waals surface area contributed by atoms with E-state index >= 15 is 0 Å². The van der Waals surface area contributed by atoms with Gasteiger partial charge in [0.1, 0.15) is 5.82 Å². The Kier molecular flexibility index (Phi) is 5.49. The quantitative estimate of drug-likeness (QED) is 0.346. The highest BCUT2D eigenvalue weighted by atomic mass is 28.3. The van der Waals surface area contributed by atoms with Crippen LogP contribution in [-0.2, 0) is 0 Å². The Morgan fingerprint density at radius 1 is 0.667 bits per heavy atom. The minimum atomic E-state index is -2.54. The van der Waals surface area contributed by atoms with Gasteiger partial charge >= 0.3 is 0 Å². The predicted molar refractivity (Wildman–Crippen MR) is 133 cm³/mol. The van der Waals surface area contributed by atoms with Gasteiger partial charge in [0.2, 0.25) is 0 Å². The molecule has 30 heavy (non-hydrogen) atoms. The van der Waals surface area contributed by atoms with Crippen LogP contribution in [0.2, 0.25) is 19.6 Å². The number of anilines is 1. The maximum absolute atomic E-state index is 4.88. The van der Waals surface area contributed by atoms with Crippen molar-refractivity contribution in [3.05, 3.63) is 104 Å². The molecular formula is C25H29N3Si2. The molecule has 5 heteroatoms. The molecule has 152 valence electrons. The normalized spacial score (nSPS) is 12.0. The first-order valence-corrected chi connectivity index (χ1v) is 15.8. The highest BCUT2D eigenvalue weighted by molar-refractivity contribution is 7.13. The van der Waals surface area contributed by atoms with Crippen molar-refractivity contribution >= 4 is 37.8 Å². The lowest BCUT2D eigenvalue weighted by Crippen LogP contribution is -2.77. The molecule has 0 fully saturated rings. The molecule has 0 radical (unpaired) electrons. The zero-order valence-electron chi connectivity index (χ0n) is 18.2. The molecule has 4 rings (SSSR count). The molecule has 0 atom stereocenters. The van der Waals surface area contributed by atoms with Crippen molar-refractivity contribution < 1.29 is 0 Å². The van der Waals surface area contributed by atoms with Crippen molar-refractivity contribution in [2.45, 2.75) is 19.6 Å². The van der Waals surface area contributed by atoms with Crippen LogP contribution < -0.4 is 20.1 Å². The zero-order valence-corrected chi connectivity index (χ0v) is 20.2. The highest BCUT2D eigenvalue weighted by Crippen LogP contribution is 2.20. The Balaban J connectivity index is 2.01. The predicted octanol–water partition coefficient (Wildman–Crippen LogP) is 3.67. The molecule has 0 aliphatic rings. The summed E-state index contributed by atoms with van der Waals surface area (Å²) in [5, 5.41) is 4.06. The first-order chi connectivity index (χ1) is 14.4. The van der Waals surface area contributed by atoms with Gasteiger partial charge in [-0.2, -0.15) is 0 Å². The second-order valence-electron chi connectivity index (χ2n) is 8.68. The Morgan fingerprint density at radius 2 is 1.07 bits per heavy atom. The lowest BCUT2D eigenvalue weighted by atomic mass is 10.3. The van der Waals surface area contributed by atoms with Crippen LogP contribution in [-0.4, -0.2) is 32.7 Å². The molecule has 0 spiro atoms. The summed E-state index contributed by atoms with van der Waals surface area (Å²) in [6.45, 7) is 7.03. The summed E-state index contributed by atoms with van der Waals surface area (Å²) in [4.78, 5) is 4.88. The van der Waals surface area contributed by atoms with Gasteiger partial charge in [0, 0.05) is 13.2 Å². The molecule has 0 aliphatic carbocycles. The first kappa shape index (κ1) is 20.4. The van der Waals surface area contributed by atoms with Crippen LogP contribution in [0, 0.1) is 0 Å². The average molecular weight is 428 g/mol. The minimum absolute atomic E-state index is 1.03. The molecule has 0 aliphatic heterocycles. The minimum Gasteiger partial charge on any atom is -0.373 e. The van der Waals surface area contributed by atoms with E-state index in [0.29, 0.717) is 0 Å². The summed E-state index contributed by atoms with van der Waals surface area (Å²) >= 11 is 0. The largest absolute Gasteiger partial charge is 0.373 e. The maximum Gasteiger partial charge on any atom is 0.254 e. The van der Waals surface area contributed by atoms with Crippen LogP contribution >= 0.6 is 0 Å². The SMILES string of the molecule is CN(c1cn([Si](C)(C)C)cn1)[Si](c1ccccc1)(c1ccccc1)c1ccccc1. The third kappa shape index (κ3) is 3.55. The molecule has 0 bridgehead atoms. The van der Waals surface area contributed by atoms with Crippen molar-refractivity contribution in [2.24, 2.45) is 0 Å². The number of benzene rings is 3. The number of hydrogen-bond donors (Lipinski definition) is 0. The van der Waals surface area contributed by atoms with Crippen molar-refractivity contribution in [1.82, 2.24) is 9.22 Å². The van der Waals surface area contributed by atoms with Crippen molar-refractivity contribution in [1.29, 1.82) is 0 Å². The molecule has 0 N–H and O–H groups in total. The number of aromatic nitrogens is 2. The summed E-state index contributed by atoms with van der Waals surface area (Å²) in [6, 6.07) is 32.8. The zero-order chi connectivity index (χ0) is 21.2. The van der Waals surface area contributed by atoms with Gasteiger partial charge in [-0.25, -0.2) is 4.98 Å². The topological polar surface area (TPSA) is 21.1 Å². The molecule has 0 saturated carbocycles. The van der Waals surface area contributed by atoms with Crippen LogP contribution in [0.5, 0.6) is 0 Å². The smallest absolute Gasteiger partial charge is 0.254 e. The van der Waals surface area contributed by atoms with E-state index in [1.54, 1.807) is 0 Å². The fraction of sp³-hybridized carbons (Fsp3) is 0.160. The molecule has 0 saturated heterocycles. The van der Waals surface area contributed by atoms with E-state index in [1.165, 1.54) is 15.6 Å². The third-order valence-electron chi connectivity index (χ3n) is 5.77. The molecule has 0 amide bonds. The second-order valence-corrected chi connectivity index (χ2v) is 17.4. The Morgan fingerprint density at radius 3 is 1.40 bits per heavy atom. The molecule has 1 aromatic heterocycles. The second kappa shape index (κ2) is 8.09. The number of nitrogens with zero attached hydrogens (tertiary/aromatic N) is 3. The number of rotatable bonds is 6. The summed E-state index contributed by atoms with van der Waals surface area (Å²) in [5.41, 5.74) is 0. The molecule has 0 unspecified atom stereocenters. The lowest BCUT2D eigenvalue weighted by Gasteiger charge is -2.41. The summed E-state index contributed by atoms with van der Waals surface area (Å²) in [6.07, 6.45) is 4.25. The highest BCUT2D eigenvalue weighted by Gasteiger charge is 2.45. The van der Waals surface area contributed by atoms with E-state index in [4.69, 9.17) is 4.98 Å². The third-order valence-corrected chi connectivity index (χ3v) is 12.3. The van der Waals surface area contributed by atoms with E-state index in [1.807, 2.05) is 6.33 Å². The van der Waals surface area contributed by atoms with Crippen molar-refractivity contribution in [3.63, 3.8) is 0 Å². The van der Waals surface area contributed by atoms with E-state index in [2.05, 4.69) is 133 Å². The lowest BCUT2D eigenvalue weighted by molar-refractivity contribution is 1.12. The van der Waals surface area contributed by atoms with Crippen LogP contribution in [0.3, 0.4) is 0 Å². The van der Waals surface area contributed by atoms with Gasteiger partial charge in [-0.1, -0.05) is 111 Å². The monoisotopic (exact) mass is 427 g/mol. The van der Waals surface area contributed by atoms with Crippen LogP contribution in [0.1, 0.15) is 0 Å². The van der Waals surface area contributed by atoms with Gasteiger partial charge in [0.25, 0.3) is 8.24 Å². The number of hydrogen-bond acceptors (Lipinski definition) is 2. The van der Waals surface area contributed by atoms with Gasteiger partial charge < -0.3 is 8.80 Å². The maximum atomic E-state index is 4.88. The van der Waals surface area contributed by atoms with Crippen LogP contribution in [0.15, 0.2) is 104 Å². The summed E-state index contributed by atoms with van der Waals surface area (Å²) < 4.78 is 4.79. The molecule has 3 nitrogen and oxygen atoms in total. The molecular weight excluding hydrogens is 398 g/mol. The summed E-state index contributed by atoms with van der Waals surface area (Å²) in [5.74, 6) is 1.03. The fourth-order valence-corrected chi connectivity index (χ4v) is 9.70. The van der Waals surface area contributed by atoms with Gasteiger partial charge in [-0.05, 0) is 15.6 Å². The van der Waals surface area contributed by atoms with Gasteiger partial charge in [-0.15, -0.1) is 0 Å². The van der Waals surface area contributed by atoms with Crippen LogP contribution in [0.4, 0.5) is 5.82 Å². The average Bonchev–Trinajstić information content (AvgIpc) is 3.28. The Hall–Kier alpha value is -2.90. The van der Waals surface area contributed by atoms with Gasteiger partial charge in [0.05, 0.1) is 6.33 Å². The van der Waals surface area contributed by atoms with E-state index < -0.39 is 16.5 Å². The molecule has 3 aromatic carbocycles. The first-order valence-electron chi connectivity index (χ1n) is 10.4. The van der Waals surface area contributed by atoms with Gasteiger partial charge in [0.15, 0.2) is 8.24 Å². The van der Waals surface area contributed by atoms with Crippen LogP contribution in [0.25, 0.3) is 0 Å². The molecule has 4 aromatic rings. The Bertz CT molecular complexity index is 991. The van der Waals surface area contributed by atoms with E-state index in [-0.39, 0.29) is 0 Å². The van der Waals surface area contributed by atoms with Crippen molar-refractivity contribution in [2.75, 3.05) is 11.6 Å². The molecule has 1 heterocycles. The van der Waals surface area contributed by atoms with Gasteiger partial charge in [-0.3, -0.25) is 0 Å². The number of imidazole rings is 1. The standard InChI is InChI=1S/C25H29N3Si2/c1-27(25-20-28(21-26-25)29(2,3)4)30(22-14-8-5-9-15-22,23-16-10-6-11-17-23)24-18-12-7-13-19-24/h5-21H,1-4H3. The van der Waals surface area contributed by atoms with E-state index in [9.17, 15) is 0 Å². The van der Waals surface area contributed by atoms with Crippen molar-refractivity contribution in [3.8, 4) is 0 Å². The van der Waals surface area contributed by atoms with E-state index in [0.717, 1.165) is 5.82 Å². The Labute approximate surface area is 181 Å². The summed E-state index contributed by atoms with van der Waals surface area (Å²) in [7, 11) is -1.83. The fourth-order valence-electron chi connectivity index (χ4n) is 4.14.